The normalized spacial score (nSPS) is 19.0. The van der Waals surface area contributed by atoms with Crippen molar-refractivity contribution < 1.29 is 4.79 Å². The third kappa shape index (κ3) is 4.96. The Kier molecular flexibility index (Phi) is 6.63. The van der Waals surface area contributed by atoms with Crippen molar-refractivity contribution in [3.8, 4) is 0 Å². The monoisotopic (exact) mass is 369 g/mol. The van der Waals surface area contributed by atoms with Crippen LogP contribution in [0.1, 0.15) is 48.9 Å². The van der Waals surface area contributed by atoms with E-state index in [2.05, 4.69) is 45.8 Å². The number of rotatable bonds is 7. The van der Waals surface area contributed by atoms with Crippen LogP contribution in [-0.2, 0) is 24.9 Å². The highest BCUT2D eigenvalue weighted by atomic mass is 16.2. The average molecular weight is 370 g/mol. The van der Waals surface area contributed by atoms with Crippen LogP contribution in [-0.4, -0.2) is 40.2 Å². The van der Waals surface area contributed by atoms with E-state index in [0.29, 0.717) is 12.6 Å². The second-order valence-electron chi connectivity index (χ2n) is 7.47. The van der Waals surface area contributed by atoms with Crippen LogP contribution in [0.4, 0.5) is 0 Å². The minimum atomic E-state index is -0.395. The Morgan fingerprint density at radius 1 is 1.30 bits per heavy atom. The summed E-state index contributed by atoms with van der Waals surface area (Å²) in [6.45, 7) is 4.96. The third-order valence-electron chi connectivity index (χ3n) is 5.49. The quantitative estimate of drug-likeness (QED) is 0.787. The molecular formula is C21H31N5O. The number of carbonyl (C=O) groups excluding carboxylic acids is 1. The van der Waals surface area contributed by atoms with Gasteiger partial charge in [-0.3, -0.25) is 14.4 Å². The second-order valence-corrected chi connectivity index (χ2v) is 7.47. The predicted molar refractivity (Wildman–Crippen MR) is 107 cm³/mol. The zero-order valence-corrected chi connectivity index (χ0v) is 16.6. The molecule has 2 unspecified atom stereocenters. The van der Waals surface area contributed by atoms with E-state index in [1.54, 1.807) is 17.9 Å². The van der Waals surface area contributed by atoms with Gasteiger partial charge in [-0.15, -0.1) is 0 Å². The molecule has 1 fully saturated rings. The molecule has 2 heterocycles. The number of aryl methyl sites for hydroxylation is 1. The van der Waals surface area contributed by atoms with Gasteiger partial charge >= 0.3 is 0 Å². The van der Waals surface area contributed by atoms with Gasteiger partial charge in [0.15, 0.2) is 0 Å². The Morgan fingerprint density at radius 3 is 2.74 bits per heavy atom. The lowest BCUT2D eigenvalue weighted by atomic mass is 10.0. The first-order chi connectivity index (χ1) is 13.1. The molecule has 1 amide bonds. The number of carbonyl (C=O) groups is 1. The summed E-state index contributed by atoms with van der Waals surface area (Å²) >= 11 is 0. The second kappa shape index (κ2) is 9.15. The molecule has 1 aliphatic rings. The van der Waals surface area contributed by atoms with Crippen molar-refractivity contribution >= 4 is 5.91 Å². The van der Waals surface area contributed by atoms with Gasteiger partial charge in [0.1, 0.15) is 6.04 Å². The number of likely N-dealkylation sites (tertiary alicyclic amines) is 1. The summed E-state index contributed by atoms with van der Waals surface area (Å²) in [5, 5.41) is 10.3. The molecule has 0 bridgehead atoms. The van der Waals surface area contributed by atoms with E-state index >= 15 is 0 Å². The summed E-state index contributed by atoms with van der Waals surface area (Å²) in [4.78, 5) is 15.2. The highest BCUT2D eigenvalue weighted by molar-refractivity contribution is 5.83. The number of hydrogen-bond acceptors (Lipinski definition) is 4. The molecule has 27 heavy (non-hydrogen) atoms. The van der Waals surface area contributed by atoms with Gasteiger partial charge in [-0.25, -0.2) is 0 Å². The standard InChI is InChI=1S/C21H31N5O/c1-16-8-6-7-11-26(16)15-18-10-5-4-9-17(18)12-23-21(27)20(22-2)19-13-24-25(3)14-19/h4-5,9-10,13-14,16,20,22H,6-8,11-12,15H2,1-3H3,(H,23,27). The Bertz CT molecular complexity index is 757. The maximum Gasteiger partial charge on any atom is 0.242 e. The lowest BCUT2D eigenvalue weighted by Crippen LogP contribution is -2.38. The van der Waals surface area contributed by atoms with Crippen molar-refractivity contribution in [1.82, 2.24) is 25.3 Å². The van der Waals surface area contributed by atoms with Gasteiger partial charge in [-0.05, 0) is 44.5 Å². The first kappa shape index (κ1) is 19.6. The number of piperidine rings is 1. The van der Waals surface area contributed by atoms with Crippen LogP contribution in [0.25, 0.3) is 0 Å². The van der Waals surface area contributed by atoms with Crippen molar-refractivity contribution in [3.05, 3.63) is 53.3 Å². The number of nitrogens with one attached hydrogen (secondary N) is 2. The molecular weight excluding hydrogens is 338 g/mol. The van der Waals surface area contributed by atoms with E-state index in [0.717, 1.165) is 18.7 Å². The van der Waals surface area contributed by atoms with Crippen molar-refractivity contribution in [1.29, 1.82) is 0 Å². The predicted octanol–water partition coefficient (Wildman–Crippen LogP) is 2.37. The average Bonchev–Trinajstić information content (AvgIpc) is 3.09. The molecule has 3 rings (SSSR count). The summed E-state index contributed by atoms with van der Waals surface area (Å²) in [7, 11) is 3.65. The topological polar surface area (TPSA) is 62.2 Å². The van der Waals surface area contributed by atoms with Crippen LogP contribution >= 0.6 is 0 Å². The zero-order valence-electron chi connectivity index (χ0n) is 16.6. The van der Waals surface area contributed by atoms with E-state index in [1.165, 1.54) is 30.4 Å². The fourth-order valence-corrected chi connectivity index (χ4v) is 3.82. The van der Waals surface area contributed by atoms with Crippen LogP contribution in [0.2, 0.25) is 0 Å². The number of nitrogens with zero attached hydrogens (tertiary/aromatic N) is 3. The SMILES string of the molecule is CNC(C(=O)NCc1ccccc1CN1CCCCC1C)c1cnn(C)c1. The number of amides is 1. The molecule has 0 aliphatic carbocycles. The summed E-state index contributed by atoms with van der Waals surface area (Å²) in [6.07, 6.45) is 7.47. The first-order valence-electron chi connectivity index (χ1n) is 9.83. The Balaban J connectivity index is 1.64. The Hall–Kier alpha value is -2.18. The van der Waals surface area contributed by atoms with Crippen molar-refractivity contribution in [2.24, 2.45) is 7.05 Å². The van der Waals surface area contributed by atoms with Gasteiger partial charge in [0.2, 0.25) is 5.91 Å². The molecule has 1 saturated heterocycles. The van der Waals surface area contributed by atoms with Crippen LogP contribution in [0.15, 0.2) is 36.7 Å². The highest BCUT2D eigenvalue weighted by Gasteiger charge is 2.21. The molecule has 1 aliphatic heterocycles. The lowest BCUT2D eigenvalue weighted by molar-refractivity contribution is -0.123. The largest absolute Gasteiger partial charge is 0.350 e. The number of aromatic nitrogens is 2. The van der Waals surface area contributed by atoms with Crippen LogP contribution in [0.3, 0.4) is 0 Å². The molecule has 1 aromatic carbocycles. The number of hydrogen-bond donors (Lipinski definition) is 2. The van der Waals surface area contributed by atoms with E-state index in [4.69, 9.17) is 0 Å². The Morgan fingerprint density at radius 2 is 2.07 bits per heavy atom. The van der Waals surface area contributed by atoms with Crippen LogP contribution in [0.5, 0.6) is 0 Å². The molecule has 6 heteroatoms. The van der Waals surface area contributed by atoms with E-state index in [-0.39, 0.29) is 5.91 Å². The number of benzene rings is 1. The molecule has 1 aromatic heterocycles. The summed E-state index contributed by atoms with van der Waals surface area (Å²) in [6, 6.07) is 8.65. The lowest BCUT2D eigenvalue weighted by Gasteiger charge is -2.33. The minimum Gasteiger partial charge on any atom is -0.350 e. The molecule has 0 spiro atoms. The zero-order chi connectivity index (χ0) is 19.2. The number of likely N-dealkylation sites (N-methyl/N-ethyl adjacent to an activating group) is 1. The highest BCUT2D eigenvalue weighted by Crippen LogP contribution is 2.21. The van der Waals surface area contributed by atoms with Crippen molar-refractivity contribution in [3.63, 3.8) is 0 Å². The molecule has 0 saturated carbocycles. The minimum absolute atomic E-state index is 0.0355. The first-order valence-corrected chi connectivity index (χ1v) is 9.83. The van der Waals surface area contributed by atoms with Gasteiger partial charge in [-0.1, -0.05) is 30.7 Å². The molecule has 2 aromatic rings. The molecule has 146 valence electrons. The molecule has 2 atom stereocenters. The molecule has 2 N–H and O–H groups in total. The third-order valence-corrected chi connectivity index (χ3v) is 5.49. The van der Waals surface area contributed by atoms with E-state index in [9.17, 15) is 4.79 Å². The van der Waals surface area contributed by atoms with Crippen LogP contribution in [0, 0.1) is 0 Å². The van der Waals surface area contributed by atoms with Crippen molar-refractivity contribution in [2.75, 3.05) is 13.6 Å². The maximum atomic E-state index is 12.7. The van der Waals surface area contributed by atoms with E-state index < -0.39 is 6.04 Å². The summed E-state index contributed by atoms with van der Waals surface area (Å²) in [5.74, 6) is -0.0355. The molecule has 0 radical (unpaired) electrons. The van der Waals surface area contributed by atoms with Gasteiger partial charge < -0.3 is 10.6 Å². The smallest absolute Gasteiger partial charge is 0.242 e. The summed E-state index contributed by atoms with van der Waals surface area (Å²) < 4.78 is 1.71. The summed E-state index contributed by atoms with van der Waals surface area (Å²) in [5.41, 5.74) is 3.35. The fraction of sp³-hybridized carbons (Fsp3) is 0.524. The van der Waals surface area contributed by atoms with Gasteiger partial charge in [0.05, 0.1) is 6.20 Å². The van der Waals surface area contributed by atoms with E-state index in [1.807, 2.05) is 19.3 Å². The van der Waals surface area contributed by atoms with Gasteiger partial charge in [0.25, 0.3) is 0 Å². The molecule has 6 nitrogen and oxygen atoms in total. The van der Waals surface area contributed by atoms with Crippen molar-refractivity contribution in [2.45, 2.75) is 51.4 Å². The fourth-order valence-electron chi connectivity index (χ4n) is 3.82. The van der Waals surface area contributed by atoms with Crippen LogP contribution < -0.4 is 10.6 Å². The van der Waals surface area contributed by atoms with Gasteiger partial charge in [0, 0.05) is 37.9 Å². The maximum absolute atomic E-state index is 12.7. The Labute approximate surface area is 161 Å². The van der Waals surface area contributed by atoms with Gasteiger partial charge in [-0.2, -0.15) is 5.10 Å².